The quantitative estimate of drug-likeness (QED) is 0.610. The maximum atomic E-state index is 12.0. The molecule has 20 heavy (non-hydrogen) atoms. The molecule has 0 saturated heterocycles. The number of fused-ring (bicyclic) bond motifs is 3. The lowest BCUT2D eigenvalue weighted by molar-refractivity contribution is -0.603. The molecule has 106 valence electrons. The number of hydrogen-bond donors (Lipinski definition) is 0. The summed E-state index contributed by atoms with van der Waals surface area (Å²) < 4.78 is 2.28. The fraction of sp³-hybridized carbons (Fsp3) is 0.333. The lowest BCUT2D eigenvalue weighted by Crippen LogP contribution is -3.00. The van der Waals surface area contributed by atoms with E-state index in [1.165, 1.54) is 10.7 Å². The maximum absolute atomic E-state index is 12.0. The van der Waals surface area contributed by atoms with Crippen molar-refractivity contribution in [1.29, 1.82) is 0 Å². The fourth-order valence-electron chi connectivity index (χ4n) is 2.84. The van der Waals surface area contributed by atoms with Crippen LogP contribution in [0.1, 0.15) is 24.5 Å². The van der Waals surface area contributed by atoms with Gasteiger partial charge in [0, 0.05) is 26.0 Å². The fourth-order valence-corrected chi connectivity index (χ4v) is 3.93. The predicted molar refractivity (Wildman–Crippen MR) is 76.9 cm³/mol. The number of nitrogens with zero attached hydrogens (tertiary/aromatic N) is 2. The molecular formula is C15H17ClN2OS. The summed E-state index contributed by atoms with van der Waals surface area (Å²) in [6, 6.07) is 8.33. The van der Waals surface area contributed by atoms with Crippen molar-refractivity contribution in [2.24, 2.45) is 0 Å². The number of aromatic nitrogens is 1. The van der Waals surface area contributed by atoms with Crippen molar-refractivity contribution in [1.82, 2.24) is 0 Å². The van der Waals surface area contributed by atoms with Crippen LogP contribution in [0.4, 0.5) is 5.69 Å². The molecule has 3 rings (SSSR count). The van der Waals surface area contributed by atoms with Gasteiger partial charge in [0.2, 0.25) is 16.6 Å². The molecule has 1 aromatic carbocycles. The second-order valence-electron chi connectivity index (χ2n) is 5.04. The van der Waals surface area contributed by atoms with Gasteiger partial charge in [-0.25, -0.2) is 0 Å². The topological polar surface area (TPSA) is 24.2 Å². The third kappa shape index (κ3) is 2.23. The zero-order valence-electron chi connectivity index (χ0n) is 11.8. The second-order valence-corrected chi connectivity index (χ2v) is 5.98. The number of carbonyl (C=O) groups excluding carboxylic acids is 1. The first-order chi connectivity index (χ1) is 9.09. The van der Waals surface area contributed by atoms with Crippen LogP contribution in [0.2, 0.25) is 0 Å². The Morgan fingerprint density at radius 2 is 2.10 bits per heavy atom. The van der Waals surface area contributed by atoms with Crippen LogP contribution in [0.15, 0.2) is 29.6 Å². The van der Waals surface area contributed by atoms with Crippen molar-refractivity contribution < 1.29 is 21.8 Å². The van der Waals surface area contributed by atoms with E-state index >= 15 is 0 Å². The molecule has 5 heteroatoms. The number of carbonyl (C=O) groups is 1. The highest BCUT2D eigenvalue weighted by molar-refractivity contribution is 7.09. The van der Waals surface area contributed by atoms with Crippen LogP contribution < -0.4 is 21.9 Å². The van der Waals surface area contributed by atoms with E-state index in [2.05, 4.69) is 29.9 Å². The Bertz CT molecular complexity index is 653. The third-order valence-electron chi connectivity index (χ3n) is 3.60. The average Bonchev–Trinajstić information content (AvgIpc) is 2.65. The zero-order valence-corrected chi connectivity index (χ0v) is 13.3. The number of thiazole rings is 1. The molecule has 1 aliphatic rings. The maximum Gasteiger partial charge on any atom is 0.245 e. The molecule has 2 aromatic rings. The summed E-state index contributed by atoms with van der Waals surface area (Å²) in [4.78, 5) is 13.9. The van der Waals surface area contributed by atoms with E-state index in [9.17, 15) is 4.79 Å². The van der Waals surface area contributed by atoms with Gasteiger partial charge in [-0.2, -0.15) is 0 Å². The van der Waals surface area contributed by atoms with Gasteiger partial charge in [0.15, 0.2) is 5.69 Å². The monoisotopic (exact) mass is 308 g/mol. The number of anilines is 1. The minimum Gasteiger partial charge on any atom is -1.00 e. The van der Waals surface area contributed by atoms with E-state index < -0.39 is 0 Å². The van der Waals surface area contributed by atoms with Gasteiger partial charge in [-0.3, -0.25) is 4.79 Å². The van der Waals surface area contributed by atoms with Gasteiger partial charge in [-0.15, -0.1) is 4.57 Å². The van der Waals surface area contributed by atoms with E-state index in [0.29, 0.717) is 0 Å². The number of amides is 1. The van der Waals surface area contributed by atoms with Crippen molar-refractivity contribution in [3.8, 4) is 5.69 Å². The number of aryl methyl sites for hydroxylation is 1. The van der Waals surface area contributed by atoms with Crippen molar-refractivity contribution in [2.75, 3.05) is 4.90 Å². The van der Waals surface area contributed by atoms with Gasteiger partial charge in [0.05, 0.1) is 11.8 Å². The van der Waals surface area contributed by atoms with Crippen LogP contribution in [0.25, 0.3) is 5.69 Å². The van der Waals surface area contributed by atoms with Gasteiger partial charge in [0.25, 0.3) is 0 Å². The van der Waals surface area contributed by atoms with Crippen molar-refractivity contribution in [2.45, 2.75) is 33.2 Å². The molecule has 0 spiro atoms. The van der Waals surface area contributed by atoms with Crippen LogP contribution in [-0.4, -0.2) is 11.9 Å². The van der Waals surface area contributed by atoms with Crippen molar-refractivity contribution in [3.63, 3.8) is 0 Å². The Morgan fingerprint density at radius 3 is 2.80 bits per heavy atom. The standard InChI is InChI=1S/C15H17N2OS.ClH/c1-10-8-15-17(11(2)9-19-15)14-7-5-4-6-13(14)16(10)12(3)18;/h4-7,9-10H,8H2,1-3H3;1H/q+1;/p-1. The molecule has 0 fully saturated rings. The van der Waals surface area contributed by atoms with E-state index in [4.69, 9.17) is 0 Å². The Morgan fingerprint density at radius 1 is 1.40 bits per heavy atom. The van der Waals surface area contributed by atoms with Gasteiger partial charge in [-0.1, -0.05) is 23.5 Å². The minimum absolute atomic E-state index is 0. The molecule has 2 heterocycles. The van der Waals surface area contributed by atoms with Gasteiger partial charge in [0.1, 0.15) is 5.69 Å². The first-order valence-corrected chi connectivity index (χ1v) is 7.36. The molecule has 1 unspecified atom stereocenters. The summed E-state index contributed by atoms with van der Waals surface area (Å²) in [5, 5.41) is 3.49. The molecule has 0 bridgehead atoms. The lowest BCUT2D eigenvalue weighted by atomic mass is 10.2. The third-order valence-corrected chi connectivity index (χ3v) is 4.68. The Labute approximate surface area is 129 Å². The van der Waals surface area contributed by atoms with Crippen LogP contribution in [0.3, 0.4) is 0 Å². The van der Waals surface area contributed by atoms with Gasteiger partial charge in [-0.05, 0) is 13.0 Å². The summed E-state index contributed by atoms with van der Waals surface area (Å²) in [5.41, 5.74) is 3.34. The Balaban J connectivity index is 0.00000147. The Kier molecular flexibility index (Phi) is 4.16. The minimum atomic E-state index is 0. The van der Waals surface area contributed by atoms with E-state index in [-0.39, 0.29) is 24.4 Å². The molecule has 0 radical (unpaired) electrons. The first-order valence-electron chi connectivity index (χ1n) is 6.48. The summed E-state index contributed by atoms with van der Waals surface area (Å²) in [5.74, 6) is 0.105. The molecule has 1 aromatic heterocycles. The van der Waals surface area contributed by atoms with Gasteiger partial charge >= 0.3 is 0 Å². The molecule has 1 amide bonds. The van der Waals surface area contributed by atoms with E-state index in [1.807, 2.05) is 23.1 Å². The highest BCUT2D eigenvalue weighted by atomic mass is 35.5. The van der Waals surface area contributed by atoms with Gasteiger partial charge < -0.3 is 17.3 Å². The largest absolute Gasteiger partial charge is 1.00 e. The highest BCUT2D eigenvalue weighted by Gasteiger charge is 2.34. The van der Waals surface area contributed by atoms with Crippen LogP contribution in [0.5, 0.6) is 0 Å². The van der Waals surface area contributed by atoms with Crippen LogP contribution in [0, 0.1) is 6.92 Å². The summed E-state index contributed by atoms with van der Waals surface area (Å²) >= 11 is 1.77. The first kappa shape index (κ1) is 15.0. The second kappa shape index (κ2) is 5.54. The lowest BCUT2D eigenvalue weighted by Gasteiger charge is -2.25. The summed E-state index contributed by atoms with van der Waals surface area (Å²) in [7, 11) is 0. The van der Waals surface area contributed by atoms with Crippen molar-refractivity contribution in [3.05, 3.63) is 40.3 Å². The predicted octanol–water partition coefficient (Wildman–Crippen LogP) is -0.365. The smallest absolute Gasteiger partial charge is 0.245 e. The summed E-state index contributed by atoms with van der Waals surface area (Å²) in [6.07, 6.45) is 0.896. The molecule has 1 atom stereocenters. The van der Waals surface area contributed by atoms with E-state index in [0.717, 1.165) is 17.8 Å². The Hall–Kier alpha value is -1.39. The molecule has 0 N–H and O–H groups in total. The molecule has 0 aliphatic carbocycles. The normalized spacial score (nSPS) is 16.8. The van der Waals surface area contributed by atoms with E-state index in [1.54, 1.807) is 18.3 Å². The number of benzene rings is 1. The number of rotatable bonds is 0. The van der Waals surface area contributed by atoms with Crippen LogP contribution in [-0.2, 0) is 11.2 Å². The SMILES string of the molecule is CC(=O)N1c2ccccc2-[n+]2c(C)csc2CC1C.[Cl-]. The zero-order chi connectivity index (χ0) is 13.6. The number of para-hydroxylation sites is 2. The average molecular weight is 309 g/mol. The van der Waals surface area contributed by atoms with Crippen LogP contribution >= 0.6 is 11.3 Å². The number of halogens is 1. The molecule has 3 nitrogen and oxygen atoms in total. The molecule has 1 aliphatic heterocycles. The molecular weight excluding hydrogens is 292 g/mol. The molecule has 0 saturated carbocycles. The summed E-state index contributed by atoms with van der Waals surface area (Å²) in [6.45, 7) is 5.87. The number of hydrogen-bond acceptors (Lipinski definition) is 2. The van der Waals surface area contributed by atoms with Crippen molar-refractivity contribution >= 4 is 22.9 Å². The highest BCUT2D eigenvalue weighted by Crippen LogP contribution is 2.29.